The maximum absolute atomic E-state index is 11.5. The quantitative estimate of drug-likeness (QED) is 0.876. The second-order valence-corrected chi connectivity index (χ2v) is 7.47. The maximum Gasteiger partial charge on any atom is 0.156 e. The molecule has 0 spiro atoms. The van der Waals surface area contributed by atoms with Gasteiger partial charge in [-0.2, -0.15) is 0 Å². The highest BCUT2D eigenvalue weighted by atomic mass is 32.2. The Morgan fingerprint density at radius 2 is 2.06 bits per heavy atom. The van der Waals surface area contributed by atoms with Gasteiger partial charge in [-0.15, -0.1) is 11.3 Å². The number of rotatable bonds is 5. The highest BCUT2D eigenvalue weighted by Crippen LogP contribution is 2.25. The lowest BCUT2D eigenvalue weighted by atomic mass is 10.1. The Bertz CT molecular complexity index is 449. The van der Waals surface area contributed by atoms with Crippen molar-refractivity contribution in [2.24, 2.45) is 5.73 Å². The molecule has 0 bridgehead atoms. The van der Waals surface area contributed by atoms with Crippen LogP contribution in [0.25, 0.3) is 0 Å². The average Bonchev–Trinajstić information content (AvgIpc) is 2.60. The molecule has 0 aliphatic rings. The molecule has 0 saturated carbocycles. The van der Waals surface area contributed by atoms with E-state index in [4.69, 9.17) is 5.73 Å². The van der Waals surface area contributed by atoms with Crippen molar-refractivity contribution in [3.05, 3.63) is 15.6 Å². The van der Waals surface area contributed by atoms with Gasteiger partial charge in [0.05, 0.1) is 5.69 Å². The predicted molar refractivity (Wildman–Crippen MR) is 67.3 cm³/mol. The molecule has 6 heteroatoms. The predicted octanol–water partition coefficient (Wildman–Crippen LogP) is 1.66. The SMILES string of the molecule is CCS(=O)(=O)Cc1nc(C(C)C)c(CN)s1. The van der Waals surface area contributed by atoms with Gasteiger partial charge in [-0.25, -0.2) is 13.4 Å². The van der Waals surface area contributed by atoms with Gasteiger partial charge in [0.15, 0.2) is 9.84 Å². The second kappa shape index (κ2) is 5.25. The highest BCUT2D eigenvalue weighted by molar-refractivity contribution is 7.90. The summed E-state index contributed by atoms with van der Waals surface area (Å²) in [6.07, 6.45) is 0. The van der Waals surface area contributed by atoms with Crippen molar-refractivity contribution in [1.29, 1.82) is 0 Å². The topological polar surface area (TPSA) is 73.0 Å². The van der Waals surface area contributed by atoms with Crippen LogP contribution >= 0.6 is 11.3 Å². The average molecular weight is 262 g/mol. The molecule has 92 valence electrons. The number of thiazole rings is 1. The van der Waals surface area contributed by atoms with Gasteiger partial charge in [-0.1, -0.05) is 20.8 Å². The first-order valence-corrected chi connectivity index (χ1v) is 7.92. The van der Waals surface area contributed by atoms with Crippen LogP contribution in [0.4, 0.5) is 0 Å². The number of sulfone groups is 1. The summed E-state index contributed by atoms with van der Waals surface area (Å²) in [6, 6.07) is 0. The molecule has 0 atom stereocenters. The fourth-order valence-electron chi connectivity index (χ4n) is 1.36. The summed E-state index contributed by atoms with van der Waals surface area (Å²) in [5, 5.41) is 0.658. The van der Waals surface area contributed by atoms with E-state index in [1.54, 1.807) is 6.92 Å². The van der Waals surface area contributed by atoms with Gasteiger partial charge in [0, 0.05) is 17.2 Å². The Morgan fingerprint density at radius 3 is 2.44 bits per heavy atom. The Hall–Kier alpha value is -0.460. The number of hydrogen-bond donors (Lipinski definition) is 1. The van der Waals surface area contributed by atoms with E-state index in [1.165, 1.54) is 11.3 Å². The first kappa shape index (κ1) is 13.6. The fraction of sp³-hybridized carbons (Fsp3) is 0.700. The maximum atomic E-state index is 11.5. The summed E-state index contributed by atoms with van der Waals surface area (Å²) in [5.41, 5.74) is 6.56. The zero-order valence-corrected chi connectivity index (χ0v) is 11.5. The van der Waals surface area contributed by atoms with Gasteiger partial charge in [-0.05, 0) is 5.92 Å². The van der Waals surface area contributed by atoms with Crippen LogP contribution in [0, 0.1) is 0 Å². The van der Waals surface area contributed by atoms with Crippen molar-refractivity contribution in [2.45, 2.75) is 39.0 Å². The fourth-order valence-corrected chi connectivity index (χ4v) is 3.68. The third-order valence-corrected chi connectivity index (χ3v) is 5.16. The van der Waals surface area contributed by atoms with E-state index in [-0.39, 0.29) is 17.4 Å². The third-order valence-electron chi connectivity index (χ3n) is 2.29. The standard InChI is InChI=1S/C10H18N2O2S2/c1-4-16(13,14)6-9-12-10(7(2)3)8(5-11)15-9/h7H,4-6,11H2,1-3H3. The molecule has 1 rings (SSSR count). The van der Waals surface area contributed by atoms with E-state index in [2.05, 4.69) is 4.98 Å². The summed E-state index contributed by atoms with van der Waals surface area (Å²) in [7, 11) is -3.00. The van der Waals surface area contributed by atoms with Crippen LogP contribution < -0.4 is 5.73 Å². The Labute approximate surface area is 101 Å². The van der Waals surface area contributed by atoms with E-state index in [0.717, 1.165) is 10.6 Å². The zero-order valence-electron chi connectivity index (χ0n) is 9.86. The molecule has 1 aromatic heterocycles. The molecule has 0 amide bonds. The van der Waals surface area contributed by atoms with Crippen LogP contribution in [0.3, 0.4) is 0 Å². The minimum atomic E-state index is -3.00. The lowest BCUT2D eigenvalue weighted by molar-refractivity contribution is 0.596. The van der Waals surface area contributed by atoms with Crippen molar-refractivity contribution < 1.29 is 8.42 Å². The first-order valence-electron chi connectivity index (χ1n) is 5.28. The van der Waals surface area contributed by atoms with Crippen molar-refractivity contribution >= 4 is 21.2 Å². The first-order chi connectivity index (χ1) is 7.39. The van der Waals surface area contributed by atoms with Crippen LogP contribution in [0.1, 0.15) is 42.3 Å². The molecule has 2 N–H and O–H groups in total. The second-order valence-electron chi connectivity index (χ2n) is 3.95. The van der Waals surface area contributed by atoms with Crippen LogP contribution in [-0.2, 0) is 22.1 Å². The number of aromatic nitrogens is 1. The lowest BCUT2D eigenvalue weighted by Crippen LogP contribution is -2.06. The minimum absolute atomic E-state index is 0.0356. The van der Waals surface area contributed by atoms with Gasteiger partial charge >= 0.3 is 0 Å². The van der Waals surface area contributed by atoms with E-state index < -0.39 is 9.84 Å². The van der Waals surface area contributed by atoms with Crippen LogP contribution in [0.15, 0.2) is 0 Å². The molecule has 0 fully saturated rings. The molecule has 1 aromatic rings. The van der Waals surface area contributed by atoms with Gasteiger partial charge in [0.2, 0.25) is 0 Å². The van der Waals surface area contributed by atoms with E-state index in [9.17, 15) is 8.42 Å². The molecule has 0 saturated heterocycles. The number of nitrogens with two attached hydrogens (primary N) is 1. The molecule has 0 aromatic carbocycles. The number of hydrogen-bond acceptors (Lipinski definition) is 5. The molecule has 0 aliphatic carbocycles. The molecule has 0 unspecified atom stereocenters. The molecule has 16 heavy (non-hydrogen) atoms. The van der Waals surface area contributed by atoms with Crippen LogP contribution in [0.5, 0.6) is 0 Å². The molecule has 0 radical (unpaired) electrons. The Balaban J connectivity index is 3.00. The minimum Gasteiger partial charge on any atom is -0.326 e. The third kappa shape index (κ3) is 3.26. The molecular weight excluding hydrogens is 244 g/mol. The molecule has 1 heterocycles. The summed E-state index contributed by atoms with van der Waals surface area (Å²) in [4.78, 5) is 5.37. The van der Waals surface area contributed by atoms with E-state index >= 15 is 0 Å². The normalized spacial score (nSPS) is 12.3. The van der Waals surface area contributed by atoms with Crippen molar-refractivity contribution in [2.75, 3.05) is 5.75 Å². The molecule has 4 nitrogen and oxygen atoms in total. The number of nitrogens with zero attached hydrogens (tertiary/aromatic N) is 1. The monoisotopic (exact) mass is 262 g/mol. The van der Waals surface area contributed by atoms with Crippen molar-refractivity contribution in [3.8, 4) is 0 Å². The summed E-state index contributed by atoms with van der Waals surface area (Å²) in [6.45, 7) is 6.14. The largest absolute Gasteiger partial charge is 0.326 e. The van der Waals surface area contributed by atoms with Crippen LogP contribution in [-0.4, -0.2) is 19.2 Å². The Kier molecular flexibility index (Phi) is 4.46. The van der Waals surface area contributed by atoms with Gasteiger partial charge in [0.1, 0.15) is 10.8 Å². The van der Waals surface area contributed by atoms with Gasteiger partial charge in [-0.3, -0.25) is 0 Å². The highest BCUT2D eigenvalue weighted by Gasteiger charge is 2.17. The zero-order chi connectivity index (χ0) is 12.3. The van der Waals surface area contributed by atoms with E-state index in [1.807, 2.05) is 13.8 Å². The smallest absolute Gasteiger partial charge is 0.156 e. The van der Waals surface area contributed by atoms with Crippen LogP contribution in [0.2, 0.25) is 0 Å². The molecular formula is C10H18N2O2S2. The lowest BCUT2D eigenvalue weighted by Gasteiger charge is -2.01. The summed E-state index contributed by atoms with van der Waals surface area (Å²) >= 11 is 1.41. The Morgan fingerprint density at radius 1 is 1.44 bits per heavy atom. The van der Waals surface area contributed by atoms with Crippen molar-refractivity contribution in [3.63, 3.8) is 0 Å². The summed E-state index contributed by atoms with van der Waals surface area (Å²) < 4.78 is 23.0. The van der Waals surface area contributed by atoms with Gasteiger partial charge < -0.3 is 5.73 Å². The van der Waals surface area contributed by atoms with E-state index in [0.29, 0.717) is 11.6 Å². The van der Waals surface area contributed by atoms with Gasteiger partial charge in [0.25, 0.3) is 0 Å². The summed E-state index contributed by atoms with van der Waals surface area (Å²) in [5.74, 6) is 0.475. The van der Waals surface area contributed by atoms with Crippen molar-refractivity contribution in [1.82, 2.24) is 4.98 Å². The molecule has 0 aliphatic heterocycles.